The van der Waals surface area contributed by atoms with Crippen LogP contribution in [0.5, 0.6) is 0 Å². The van der Waals surface area contributed by atoms with Gasteiger partial charge in [-0.3, -0.25) is 4.98 Å². The van der Waals surface area contributed by atoms with Crippen LogP contribution in [0.2, 0.25) is 0 Å². The number of para-hydroxylation sites is 1. The molecule has 1 aliphatic carbocycles. The van der Waals surface area contributed by atoms with Crippen molar-refractivity contribution in [3.8, 4) is 0 Å². The van der Waals surface area contributed by atoms with Crippen molar-refractivity contribution in [2.45, 2.75) is 37.8 Å². The molecule has 3 atom stereocenters. The van der Waals surface area contributed by atoms with Crippen LogP contribution in [-0.2, 0) is 4.79 Å². The van der Waals surface area contributed by atoms with Gasteiger partial charge < -0.3 is 15.4 Å². The first-order valence-electron chi connectivity index (χ1n) is 8.72. The lowest BCUT2D eigenvalue weighted by Crippen LogP contribution is -2.53. The van der Waals surface area contributed by atoms with Gasteiger partial charge in [-0.25, -0.2) is 0 Å². The van der Waals surface area contributed by atoms with Crippen molar-refractivity contribution in [1.82, 2.24) is 4.98 Å². The summed E-state index contributed by atoms with van der Waals surface area (Å²) < 4.78 is 0. The lowest BCUT2D eigenvalue weighted by Gasteiger charge is -2.49. The molecule has 24 heavy (non-hydrogen) atoms. The van der Waals surface area contributed by atoms with Crippen molar-refractivity contribution in [2.24, 2.45) is 11.8 Å². The van der Waals surface area contributed by atoms with E-state index in [0.717, 1.165) is 17.7 Å². The van der Waals surface area contributed by atoms with E-state index in [2.05, 4.69) is 40.7 Å². The van der Waals surface area contributed by atoms with Crippen LogP contribution in [0, 0.1) is 11.8 Å². The van der Waals surface area contributed by atoms with Gasteiger partial charge in [-0.2, -0.15) is 0 Å². The van der Waals surface area contributed by atoms with Crippen molar-refractivity contribution in [3.05, 3.63) is 54.4 Å². The lowest BCUT2D eigenvalue weighted by molar-refractivity contribution is -0.109. The topological polar surface area (TPSA) is 54.0 Å². The highest BCUT2D eigenvalue weighted by atomic mass is 16.1. The van der Waals surface area contributed by atoms with Gasteiger partial charge in [-0.05, 0) is 37.0 Å². The Labute approximate surface area is 142 Å². The highest BCUT2D eigenvalue weighted by Crippen LogP contribution is 2.54. The average Bonchev–Trinajstić information content (AvgIpc) is 3.45. The molecule has 0 saturated heterocycles. The maximum absolute atomic E-state index is 11.5. The summed E-state index contributed by atoms with van der Waals surface area (Å²) in [5.41, 5.74) is 3.21. The Balaban J connectivity index is 1.76. The maximum Gasteiger partial charge on any atom is 0.122 e. The number of fused-ring (bicyclic) bond motifs is 1. The first-order chi connectivity index (χ1) is 11.7. The zero-order valence-corrected chi connectivity index (χ0v) is 13.9. The molecule has 1 aliphatic heterocycles. The van der Waals surface area contributed by atoms with Gasteiger partial charge in [0.2, 0.25) is 0 Å². The molecule has 0 amide bonds. The zero-order chi connectivity index (χ0) is 16.6. The van der Waals surface area contributed by atoms with Crippen LogP contribution in [0.4, 0.5) is 11.4 Å². The highest BCUT2D eigenvalue weighted by Gasteiger charge is 2.53. The second-order valence-corrected chi connectivity index (χ2v) is 7.05. The van der Waals surface area contributed by atoms with Gasteiger partial charge >= 0.3 is 0 Å². The minimum Gasteiger partial charge on any atom is -0.378 e. The fourth-order valence-electron chi connectivity index (χ4n) is 4.24. The third-order valence-corrected chi connectivity index (χ3v) is 5.69. The van der Waals surface area contributed by atoms with Crippen molar-refractivity contribution in [2.75, 3.05) is 10.6 Å². The summed E-state index contributed by atoms with van der Waals surface area (Å²) in [4.78, 5) is 15.7. The molecule has 2 aromatic rings. The SMILES string of the molecule is C[C@@H]1[C@@H](Nc2ccccc2)c2ccncc2N[C@@]1(CC=O)C1CC1. The number of hydrogen-bond acceptors (Lipinski definition) is 4. The number of nitrogens with one attached hydrogen (secondary N) is 2. The predicted octanol–water partition coefficient (Wildman–Crippen LogP) is 4.03. The number of aromatic nitrogens is 1. The lowest BCUT2D eigenvalue weighted by atomic mass is 9.69. The van der Waals surface area contributed by atoms with Gasteiger partial charge in [-0.15, -0.1) is 0 Å². The smallest absolute Gasteiger partial charge is 0.122 e. The van der Waals surface area contributed by atoms with Crippen LogP contribution in [0.1, 0.15) is 37.8 Å². The molecule has 2 heterocycles. The number of benzene rings is 1. The summed E-state index contributed by atoms with van der Waals surface area (Å²) >= 11 is 0. The summed E-state index contributed by atoms with van der Waals surface area (Å²) in [5, 5.41) is 7.40. The van der Waals surface area contributed by atoms with Gasteiger partial charge in [0.1, 0.15) is 6.29 Å². The molecule has 0 spiro atoms. The Morgan fingerprint density at radius 2 is 2.08 bits per heavy atom. The number of anilines is 2. The Bertz CT molecular complexity index is 729. The zero-order valence-electron chi connectivity index (χ0n) is 13.9. The third-order valence-electron chi connectivity index (χ3n) is 5.69. The van der Waals surface area contributed by atoms with Crippen LogP contribution in [-0.4, -0.2) is 16.8 Å². The second kappa shape index (κ2) is 5.93. The second-order valence-electron chi connectivity index (χ2n) is 7.05. The highest BCUT2D eigenvalue weighted by molar-refractivity contribution is 5.63. The van der Waals surface area contributed by atoms with Crippen molar-refractivity contribution >= 4 is 17.7 Å². The summed E-state index contributed by atoms with van der Waals surface area (Å²) in [6.07, 6.45) is 7.74. The van der Waals surface area contributed by atoms with E-state index in [1.807, 2.05) is 30.6 Å². The molecule has 1 fully saturated rings. The van der Waals surface area contributed by atoms with Gasteiger partial charge in [0, 0.05) is 29.8 Å². The molecule has 4 rings (SSSR count). The summed E-state index contributed by atoms with van der Waals surface area (Å²) in [6, 6.07) is 12.5. The van der Waals surface area contributed by atoms with E-state index in [4.69, 9.17) is 0 Å². The van der Waals surface area contributed by atoms with E-state index in [-0.39, 0.29) is 11.6 Å². The van der Waals surface area contributed by atoms with Crippen molar-refractivity contribution in [3.63, 3.8) is 0 Å². The molecule has 0 unspecified atom stereocenters. The molecular formula is C20H23N3O. The van der Waals surface area contributed by atoms with Gasteiger partial charge in [0.15, 0.2) is 0 Å². The number of carbonyl (C=O) groups excluding carboxylic acids is 1. The minimum atomic E-state index is -0.176. The van der Waals surface area contributed by atoms with Gasteiger partial charge in [-0.1, -0.05) is 25.1 Å². The molecule has 2 N–H and O–H groups in total. The first-order valence-corrected chi connectivity index (χ1v) is 8.72. The third kappa shape index (κ3) is 2.46. The number of carbonyl (C=O) groups is 1. The van der Waals surface area contributed by atoms with E-state index in [9.17, 15) is 4.79 Å². The van der Waals surface area contributed by atoms with Gasteiger partial charge in [0.05, 0.1) is 23.5 Å². The van der Waals surface area contributed by atoms with Crippen LogP contribution in [0.3, 0.4) is 0 Å². The molecule has 4 nitrogen and oxygen atoms in total. The minimum absolute atomic E-state index is 0.159. The Kier molecular flexibility index (Phi) is 3.75. The molecule has 124 valence electrons. The largest absolute Gasteiger partial charge is 0.378 e. The van der Waals surface area contributed by atoms with Crippen molar-refractivity contribution < 1.29 is 4.79 Å². The normalized spacial score (nSPS) is 28.5. The number of nitrogens with zero attached hydrogens (tertiary/aromatic N) is 1. The van der Waals surface area contributed by atoms with Crippen molar-refractivity contribution in [1.29, 1.82) is 0 Å². The molecule has 1 aromatic heterocycles. The molecule has 0 bridgehead atoms. The van der Waals surface area contributed by atoms with E-state index < -0.39 is 0 Å². The quantitative estimate of drug-likeness (QED) is 0.816. The van der Waals surface area contributed by atoms with E-state index >= 15 is 0 Å². The fraction of sp³-hybridized carbons (Fsp3) is 0.400. The average molecular weight is 321 g/mol. The molecule has 0 radical (unpaired) electrons. The maximum atomic E-state index is 11.5. The first kappa shape index (κ1) is 15.2. The standard InChI is InChI=1S/C20H23N3O/c1-14-19(22-16-5-3-2-4-6-16)17-9-11-21-13-18(17)23-20(14,10-12-24)15-7-8-15/h2-6,9,11-15,19,22-23H,7-8,10H2,1H3/t14-,19-,20-/m1/s1. The Hall–Kier alpha value is -2.36. The summed E-state index contributed by atoms with van der Waals surface area (Å²) in [6.45, 7) is 2.26. The monoisotopic (exact) mass is 321 g/mol. The Morgan fingerprint density at radius 1 is 1.29 bits per heavy atom. The summed E-state index contributed by atoms with van der Waals surface area (Å²) in [7, 11) is 0. The predicted molar refractivity (Wildman–Crippen MR) is 96.0 cm³/mol. The van der Waals surface area contributed by atoms with E-state index in [1.54, 1.807) is 0 Å². The van der Waals surface area contributed by atoms with Crippen LogP contribution in [0.15, 0.2) is 48.8 Å². The van der Waals surface area contributed by atoms with Crippen LogP contribution >= 0.6 is 0 Å². The number of hydrogen-bond donors (Lipinski definition) is 2. The molecular weight excluding hydrogens is 298 g/mol. The number of pyridine rings is 1. The van der Waals surface area contributed by atoms with E-state index in [0.29, 0.717) is 18.3 Å². The van der Waals surface area contributed by atoms with Crippen LogP contribution in [0.25, 0.3) is 0 Å². The number of aldehydes is 1. The number of rotatable bonds is 5. The summed E-state index contributed by atoms with van der Waals surface area (Å²) in [5.74, 6) is 0.858. The van der Waals surface area contributed by atoms with E-state index in [1.165, 1.54) is 18.4 Å². The van der Waals surface area contributed by atoms with Crippen LogP contribution < -0.4 is 10.6 Å². The molecule has 1 saturated carbocycles. The fourth-order valence-corrected chi connectivity index (χ4v) is 4.24. The molecule has 2 aliphatic rings. The van der Waals surface area contributed by atoms with Gasteiger partial charge in [0.25, 0.3) is 0 Å². The molecule has 1 aromatic carbocycles. The Morgan fingerprint density at radius 3 is 2.79 bits per heavy atom. The molecule has 4 heteroatoms.